The number of nitrogens with one attached hydrogen (secondary N) is 2. The molecule has 0 aliphatic rings. The largest absolute Gasteiger partial charge is 0.444 e. The van der Waals surface area contributed by atoms with Gasteiger partial charge in [-0.25, -0.2) is 4.98 Å². The Hall–Kier alpha value is -3.04. The number of hydrogen-bond donors (Lipinski definition) is 3. The number of thioether (sulfide) groups is 1. The molecule has 0 unspecified atom stereocenters. The summed E-state index contributed by atoms with van der Waals surface area (Å²) in [4.78, 5) is 31.5. The molecule has 0 aliphatic heterocycles. The number of nitrogens with zero attached hydrogens (tertiary/aromatic N) is 1. The van der Waals surface area contributed by atoms with Crippen LogP contribution in [0.1, 0.15) is 16.1 Å². The molecule has 0 saturated carbocycles. The molecular weight excluding hydrogens is 456 g/mol. The summed E-state index contributed by atoms with van der Waals surface area (Å²) in [6, 6.07) is 17.2. The molecule has 0 radical (unpaired) electrons. The highest BCUT2D eigenvalue weighted by atomic mass is 79.9. The maximum atomic E-state index is 12.4. The highest BCUT2D eigenvalue weighted by molar-refractivity contribution is 9.10. The molecule has 2 aromatic heterocycles. The number of H-pyrrole nitrogens is 1. The first-order chi connectivity index (χ1) is 14.0. The van der Waals surface area contributed by atoms with Gasteiger partial charge in [-0.2, -0.15) is 0 Å². The topological polar surface area (TPSA) is 114 Å². The number of furan rings is 1. The summed E-state index contributed by atoms with van der Waals surface area (Å²) in [7, 11) is 0. The first kappa shape index (κ1) is 19.3. The van der Waals surface area contributed by atoms with Crippen LogP contribution in [0.25, 0.3) is 10.8 Å². The van der Waals surface area contributed by atoms with Crippen LogP contribution in [0.15, 0.2) is 73.6 Å². The Morgan fingerprint density at radius 2 is 1.97 bits per heavy atom. The van der Waals surface area contributed by atoms with E-state index in [1.807, 2.05) is 24.3 Å². The van der Waals surface area contributed by atoms with Crippen LogP contribution in [0.3, 0.4) is 0 Å². The van der Waals surface area contributed by atoms with E-state index in [0.717, 1.165) is 16.3 Å². The number of anilines is 2. The first-order valence-corrected chi connectivity index (χ1v) is 10.3. The van der Waals surface area contributed by atoms with Gasteiger partial charge in [-0.05, 0) is 44.4 Å². The van der Waals surface area contributed by atoms with Crippen LogP contribution in [0.4, 0.5) is 11.5 Å². The molecule has 4 N–H and O–H groups in total. The van der Waals surface area contributed by atoms with Gasteiger partial charge in [0.1, 0.15) is 0 Å². The summed E-state index contributed by atoms with van der Waals surface area (Å²) >= 11 is 4.48. The Labute approximate surface area is 177 Å². The Balaban J connectivity index is 1.52. The molecule has 0 aliphatic carbocycles. The zero-order valence-corrected chi connectivity index (χ0v) is 17.3. The summed E-state index contributed by atoms with van der Waals surface area (Å²) < 4.78 is 5.58. The van der Waals surface area contributed by atoms with Gasteiger partial charge >= 0.3 is 0 Å². The van der Waals surface area contributed by atoms with E-state index in [2.05, 4.69) is 49.4 Å². The highest BCUT2D eigenvalue weighted by Crippen LogP contribution is 2.26. The van der Waals surface area contributed by atoms with Gasteiger partial charge in [0.25, 0.3) is 11.5 Å². The van der Waals surface area contributed by atoms with Crippen molar-refractivity contribution < 1.29 is 9.21 Å². The molecule has 2 aromatic carbocycles. The number of fused-ring (bicyclic) bond motifs is 1. The van der Waals surface area contributed by atoms with Gasteiger partial charge in [0.05, 0.1) is 0 Å². The second kappa shape index (κ2) is 8.14. The maximum Gasteiger partial charge on any atom is 0.291 e. The van der Waals surface area contributed by atoms with E-state index in [1.54, 1.807) is 6.07 Å². The highest BCUT2D eigenvalue weighted by Gasteiger charge is 2.16. The van der Waals surface area contributed by atoms with Crippen molar-refractivity contribution in [2.45, 2.75) is 10.9 Å². The third-order valence-corrected chi connectivity index (χ3v) is 5.55. The molecule has 2 heterocycles. The Bertz CT molecular complexity index is 1260. The Morgan fingerprint density at radius 1 is 1.17 bits per heavy atom. The number of carbonyl (C=O) groups excluding carboxylic acids is 1. The number of halogens is 1. The van der Waals surface area contributed by atoms with Crippen LogP contribution in [-0.2, 0) is 5.75 Å². The SMILES string of the molecule is Nc1nc(SCc2cccc3ccccc23)[nH]c(=O)c1NC(=O)c1ccc(Br)o1. The van der Waals surface area contributed by atoms with Crippen LogP contribution < -0.4 is 16.6 Å². The average Bonchev–Trinajstić information content (AvgIpc) is 3.15. The number of nitrogen functional groups attached to an aromatic ring is 1. The van der Waals surface area contributed by atoms with Gasteiger partial charge < -0.3 is 15.5 Å². The van der Waals surface area contributed by atoms with Crippen molar-refractivity contribution in [2.24, 2.45) is 0 Å². The van der Waals surface area contributed by atoms with Crippen LogP contribution in [0.5, 0.6) is 0 Å². The van der Waals surface area contributed by atoms with Crippen LogP contribution in [0, 0.1) is 0 Å². The second-order valence-electron chi connectivity index (χ2n) is 6.12. The van der Waals surface area contributed by atoms with E-state index in [0.29, 0.717) is 15.6 Å². The average molecular weight is 471 g/mol. The number of nitrogens with two attached hydrogens (primary N) is 1. The zero-order valence-electron chi connectivity index (χ0n) is 14.9. The lowest BCUT2D eigenvalue weighted by Crippen LogP contribution is -2.22. The van der Waals surface area contributed by atoms with Gasteiger partial charge in [-0.1, -0.05) is 54.2 Å². The smallest absolute Gasteiger partial charge is 0.291 e. The second-order valence-corrected chi connectivity index (χ2v) is 7.86. The standard InChI is InChI=1S/C20H15BrN4O3S/c21-15-9-8-14(28-15)18(26)23-16-17(22)24-20(25-19(16)27)29-10-12-6-3-5-11-4-1-2-7-13(11)12/h1-9H,10H2,(H,23,26)(H3,22,24,25,27). The fourth-order valence-corrected chi connectivity index (χ4v) is 4.01. The van der Waals surface area contributed by atoms with E-state index < -0.39 is 11.5 Å². The van der Waals surface area contributed by atoms with E-state index >= 15 is 0 Å². The van der Waals surface area contributed by atoms with Gasteiger partial charge in [0.2, 0.25) is 0 Å². The molecule has 9 heteroatoms. The molecular formula is C20H15BrN4O3S. The van der Waals surface area contributed by atoms with Crippen molar-refractivity contribution in [1.82, 2.24) is 9.97 Å². The van der Waals surface area contributed by atoms with Crippen molar-refractivity contribution in [3.8, 4) is 0 Å². The Morgan fingerprint density at radius 3 is 2.72 bits per heavy atom. The summed E-state index contributed by atoms with van der Waals surface area (Å²) in [6.45, 7) is 0. The molecule has 4 rings (SSSR count). The third-order valence-electron chi connectivity index (χ3n) is 4.21. The van der Waals surface area contributed by atoms with Gasteiger partial charge in [-0.3, -0.25) is 14.6 Å². The Kier molecular flexibility index (Phi) is 5.41. The predicted molar refractivity (Wildman–Crippen MR) is 117 cm³/mol. The summed E-state index contributed by atoms with van der Waals surface area (Å²) in [5.74, 6) is -0.000326. The molecule has 0 saturated heterocycles. The molecule has 146 valence electrons. The number of amides is 1. The fraction of sp³-hybridized carbons (Fsp3) is 0.0500. The molecule has 4 aromatic rings. The minimum atomic E-state index is -0.592. The van der Waals surface area contributed by atoms with E-state index in [1.165, 1.54) is 17.8 Å². The zero-order chi connectivity index (χ0) is 20.4. The molecule has 0 spiro atoms. The lowest BCUT2D eigenvalue weighted by Gasteiger charge is -2.09. The molecule has 0 atom stereocenters. The quantitative estimate of drug-likeness (QED) is 0.294. The first-order valence-electron chi connectivity index (χ1n) is 8.57. The van der Waals surface area contributed by atoms with Crippen LogP contribution in [0.2, 0.25) is 0 Å². The van der Waals surface area contributed by atoms with E-state index in [9.17, 15) is 9.59 Å². The summed E-state index contributed by atoms with van der Waals surface area (Å²) in [6.07, 6.45) is 0. The molecule has 1 amide bonds. The number of hydrogen-bond acceptors (Lipinski definition) is 6. The lowest BCUT2D eigenvalue weighted by molar-refractivity contribution is 0.0995. The van der Waals surface area contributed by atoms with Crippen molar-refractivity contribution >= 4 is 55.9 Å². The monoisotopic (exact) mass is 470 g/mol. The van der Waals surface area contributed by atoms with Crippen molar-refractivity contribution in [1.29, 1.82) is 0 Å². The van der Waals surface area contributed by atoms with Crippen LogP contribution in [-0.4, -0.2) is 15.9 Å². The summed E-state index contributed by atoms with van der Waals surface area (Å²) in [5, 5.41) is 5.11. The molecule has 7 nitrogen and oxygen atoms in total. The van der Waals surface area contributed by atoms with Crippen molar-refractivity contribution in [3.05, 3.63) is 80.9 Å². The van der Waals surface area contributed by atoms with E-state index in [-0.39, 0.29) is 17.3 Å². The number of carbonyl (C=O) groups is 1. The minimum Gasteiger partial charge on any atom is -0.444 e. The van der Waals surface area contributed by atoms with Gasteiger partial charge in [0, 0.05) is 5.75 Å². The number of rotatable bonds is 5. The van der Waals surface area contributed by atoms with Gasteiger partial charge in [-0.15, -0.1) is 0 Å². The van der Waals surface area contributed by atoms with Crippen LogP contribution >= 0.6 is 27.7 Å². The molecule has 29 heavy (non-hydrogen) atoms. The van der Waals surface area contributed by atoms with E-state index in [4.69, 9.17) is 10.2 Å². The molecule has 0 bridgehead atoms. The van der Waals surface area contributed by atoms with Crippen molar-refractivity contribution in [3.63, 3.8) is 0 Å². The minimum absolute atomic E-state index is 0.0464. The maximum absolute atomic E-state index is 12.4. The summed E-state index contributed by atoms with van der Waals surface area (Å²) in [5.41, 5.74) is 6.39. The van der Waals surface area contributed by atoms with Gasteiger partial charge in [0.15, 0.2) is 27.1 Å². The normalized spacial score (nSPS) is 10.9. The number of aromatic amines is 1. The molecule has 0 fully saturated rings. The number of benzene rings is 2. The predicted octanol–water partition coefficient (Wildman–Crippen LogP) is 4.41. The van der Waals surface area contributed by atoms with Crippen molar-refractivity contribution in [2.75, 3.05) is 11.1 Å². The fourth-order valence-electron chi connectivity index (χ4n) is 2.83. The number of aromatic nitrogens is 2. The lowest BCUT2D eigenvalue weighted by atomic mass is 10.1. The third kappa shape index (κ3) is 4.20.